The standard InChI is InChI=1S/C57H84O20/c1-29(59)36-19-22-57(65)55(36,6)42(74-43(60)16-15-33-13-11-10-12-14-33)27-41-54(5)20-18-35(23-34(54)17-21-56(41,57)64)72-44-24-37(66-7)50(30(2)69-44)75-45-25-38(67-8)51(31(3)70-45)76-46-26-39(68-9)52(32(4)71-46)77-53-49(63)48(62)47(61)40(28-58)73-53/h10-17,30-32,35-42,44-53,58,61-65H,18-28H2,1-9H3/b16-15+/t30-,31-,32-,35+,36+,37+,38+,39-,40-,41-,42-,44+,45+,46+,47-,48+,49-,50-,51-,52-,53+,54+,55+,56+,57-/m1/s1. The maximum atomic E-state index is 13.6. The van der Waals surface area contributed by atoms with Crippen molar-refractivity contribution in [3.05, 3.63) is 53.6 Å². The quantitative estimate of drug-likeness (QED) is 0.0787. The summed E-state index contributed by atoms with van der Waals surface area (Å²) in [6.07, 6.45) is -6.30. The summed E-state index contributed by atoms with van der Waals surface area (Å²) in [4.78, 5) is 26.9. The second kappa shape index (κ2) is 23.6. The minimum atomic E-state index is -1.70. The smallest absolute Gasteiger partial charge is 0.331 e. The van der Waals surface area contributed by atoms with Crippen molar-refractivity contribution in [2.75, 3.05) is 27.9 Å². The lowest BCUT2D eigenvalue weighted by Crippen LogP contribution is -2.75. The van der Waals surface area contributed by atoms with Crippen LogP contribution in [-0.4, -0.2) is 198 Å². The minimum Gasteiger partial charge on any atom is -0.458 e. The second-order valence-electron chi connectivity index (χ2n) is 23.4. The molecule has 4 saturated heterocycles. The van der Waals surface area contributed by atoms with Crippen molar-refractivity contribution >= 4 is 17.8 Å². The lowest BCUT2D eigenvalue weighted by Gasteiger charge is -2.66. The van der Waals surface area contributed by atoms with Crippen molar-refractivity contribution in [3.63, 3.8) is 0 Å². The van der Waals surface area contributed by atoms with E-state index in [0.717, 1.165) is 11.1 Å². The first-order valence-corrected chi connectivity index (χ1v) is 27.7. The summed E-state index contributed by atoms with van der Waals surface area (Å²) >= 11 is 0. The number of ether oxygens (including phenoxy) is 12. The number of methoxy groups -OCH3 is 3. The van der Waals surface area contributed by atoms with E-state index in [1.165, 1.54) is 20.1 Å². The first-order valence-electron chi connectivity index (χ1n) is 27.7. The molecule has 4 heterocycles. The van der Waals surface area contributed by atoms with Crippen LogP contribution in [0.3, 0.4) is 0 Å². The Morgan fingerprint density at radius 1 is 0.714 bits per heavy atom. The molecule has 7 fully saturated rings. The molecule has 4 aliphatic heterocycles. The number of aliphatic hydroxyl groups excluding tert-OH is 4. The normalized spacial score (nSPS) is 48.1. The predicted octanol–water partition coefficient (Wildman–Crippen LogP) is 3.41. The SMILES string of the molecule is CO[C@H]1C[C@H](O[C@H]2CC[C@@]3(C)C(=CC[C@]4(O)[C@@H]3C[C@@H](OC(=O)/C=C/c3ccccc3)[C@]3(C)[C@H](C(C)=O)CC[C@@]34O)C2)O[C@H](C)[C@H]1O[C@H]1C[C@H](OC)[C@H](O[C@H]2C[C@@H](OC)[C@H](O[C@@H]3O[C@H](CO)[C@@H](O)[C@H](O)[C@H]3O)[C@@H](C)O2)[C@@H](C)O1. The summed E-state index contributed by atoms with van der Waals surface area (Å²) in [6, 6.07) is 9.43. The van der Waals surface area contributed by atoms with Gasteiger partial charge in [-0.25, -0.2) is 4.79 Å². The van der Waals surface area contributed by atoms with Crippen molar-refractivity contribution in [2.45, 2.75) is 234 Å². The summed E-state index contributed by atoms with van der Waals surface area (Å²) in [5, 5.41) is 66.8. The van der Waals surface area contributed by atoms with Gasteiger partial charge in [0.05, 0.1) is 49.3 Å². The topological polar surface area (TPSA) is 266 Å². The Morgan fingerprint density at radius 2 is 1.27 bits per heavy atom. The van der Waals surface area contributed by atoms with E-state index in [1.54, 1.807) is 27.2 Å². The van der Waals surface area contributed by atoms with Crippen molar-refractivity contribution in [3.8, 4) is 0 Å². The van der Waals surface area contributed by atoms with Gasteiger partial charge < -0.3 is 87.5 Å². The minimum absolute atomic E-state index is 0.0981. The van der Waals surface area contributed by atoms with Gasteiger partial charge in [-0.1, -0.05) is 55.8 Å². The first-order chi connectivity index (χ1) is 36.6. The fourth-order valence-corrected chi connectivity index (χ4v) is 14.9. The maximum absolute atomic E-state index is 13.6. The molecule has 432 valence electrons. The number of ketones is 1. The van der Waals surface area contributed by atoms with Gasteiger partial charge in [0.15, 0.2) is 25.2 Å². The molecular formula is C57H84O20. The molecule has 1 aromatic carbocycles. The van der Waals surface area contributed by atoms with Crippen molar-refractivity contribution < 1.29 is 97.1 Å². The number of benzene rings is 1. The highest BCUT2D eigenvalue weighted by Crippen LogP contribution is 2.70. The van der Waals surface area contributed by atoms with Gasteiger partial charge in [0.1, 0.15) is 65.8 Å². The Bertz CT molecular complexity index is 2250. The van der Waals surface area contributed by atoms with Crippen LogP contribution < -0.4 is 0 Å². The Balaban J connectivity index is 0.802. The molecule has 20 heteroatoms. The van der Waals surface area contributed by atoms with E-state index >= 15 is 0 Å². The molecule has 77 heavy (non-hydrogen) atoms. The maximum Gasteiger partial charge on any atom is 0.331 e. The molecule has 0 unspecified atom stereocenters. The number of Topliss-reactive ketones (excluding diaryl/α,β-unsaturated/α-hetero) is 1. The third-order valence-electron chi connectivity index (χ3n) is 19.2. The number of rotatable bonds is 16. The highest BCUT2D eigenvalue weighted by molar-refractivity contribution is 5.87. The number of carbonyl (C=O) groups is 2. The van der Waals surface area contributed by atoms with Crippen LogP contribution in [-0.2, 0) is 66.4 Å². The highest BCUT2D eigenvalue weighted by atomic mass is 16.8. The number of hydrogen-bond acceptors (Lipinski definition) is 20. The molecule has 0 bridgehead atoms. The van der Waals surface area contributed by atoms with Gasteiger partial charge in [0.25, 0.3) is 0 Å². The molecule has 0 amide bonds. The van der Waals surface area contributed by atoms with Crippen LogP contribution in [0.5, 0.6) is 0 Å². The van der Waals surface area contributed by atoms with Gasteiger partial charge in [0.2, 0.25) is 0 Å². The molecule has 0 spiro atoms. The number of hydrogen-bond donors (Lipinski definition) is 6. The summed E-state index contributed by atoms with van der Waals surface area (Å²) in [6.45, 7) is 10.4. The van der Waals surface area contributed by atoms with Crippen LogP contribution in [0.15, 0.2) is 48.1 Å². The zero-order valence-electron chi connectivity index (χ0n) is 45.9. The van der Waals surface area contributed by atoms with E-state index in [9.17, 15) is 40.2 Å². The first kappa shape index (κ1) is 58.8. The van der Waals surface area contributed by atoms with Gasteiger partial charge in [-0.05, 0) is 89.7 Å². The van der Waals surface area contributed by atoms with E-state index in [-0.39, 0.29) is 37.6 Å². The van der Waals surface area contributed by atoms with Crippen molar-refractivity contribution in [1.29, 1.82) is 0 Å². The van der Waals surface area contributed by atoms with Gasteiger partial charge in [-0.2, -0.15) is 0 Å². The van der Waals surface area contributed by atoms with E-state index in [0.29, 0.717) is 38.5 Å². The van der Waals surface area contributed by atoms with Crippen molar-refractivity contribution in [1.82, 2.24) is 0 Å². The molecule has 6 N–H and O–H groups in total. The van der Waals surface area contributed by atoms with E-state index in [1.807, 2.05) is 51.1 Å². The summed E-state index contributed by atoms with van der Waals surface area (Å²) in [5.74, 6) is -1.74. The number of esters is 1. The zero-order valence-corrected chi connectivity index (χ0v) is 45.9. The Kier molecular flexibility index (Phi) is 18.0. The number of fused-ring (bicyclic) bond motifs is 5. The molecule has 8 aliphatic rings. The molecule has 25 atom stereocenters. The third-order valence-corrected chi connectivity index (χ3v) is 19.2. The molecule has 1 aromatic rings. The summed E-state index contributed by atoms with van der Waals surface area (Å²) in [5.41, 5.74) is -3.09. The predicted molar refractivity (Wildman–Crippen MR) is 272 cm³/mol. The Labute approximate surface area is 451 Å². The van der Waals surface area contributed by atoms with E-state index in [2.05, 4.69) is 13.0 Å². The second-order valence-corrected chi connectivity index (χ2v) is 23.4. The molecule has 20 nitrogen and oxygen atoms in total. The molecule has 0 radical (unpaired) electrons. The number of aliphatic hydroxyl groups is 6. The third kappa shape index (κ3) is 10.9. The average molecular weight is 1090 g/mol. The van der Waals surface area contributed by atoms with Gasteiger partial charge in [-0.3, -0.25) is 4.79 Å². The zero-order chi connectivity index (χ0) is 55.4. The molecule has 9 rings (SSSR count). The van der Waals surface area contributed by atoms with E-state index in [4.69, 9.17) is 56.8 Å². The van der Waals surface area contributed by atoms with Crippen molar-refractivity contribution in [2.24, 2.45) is 22.7 Å². The fourth-order valence-electron chi connectivity index (χ4n) is 14.9. The van der Waals surface area contributed by atoms with Crippen LogP contribution in [0.25, 0.3) is 6.08 Å². The number of carbonyl (C=O) groups excluding carboxylic acids is 2. The Morgan fingerprint density at radius 3 is 1.82 bits per heavy atom. The summed E-state index contributed by atoms with van der Waals surface area (Å²) < 4.78 is 75.0. The molecular weight excluding hydrogens is 1000 g/mol. The summed E-state index contributed by atoms with van der Waals surface area (Å²) in [7, 11) is 4.75. The molecule has 4 aliphatic carbocycles. The molecule has 0 aromatic heterocycles. The lowest BCUT2D eigenvalue weighted by atomic mass is 9.43. The average Bonchev–Trinajstić information content (AvgIpc) is 3.99. The largest absolute Gasteiger partial charge is 0.458 e. The van der Waals surface area contributed by atoms with Gasteiger partial charge in [-0.15, -0.1) is 0 Å². The fraction of sp³-hybridized carbons (Fsp3) is 0.789. The monoisotopic (exact) mass is 1090 g/mol. The van der Waals surface area contributed by atoms with Gasteiger partial charge in [0, 0.05) is 63.9 Å². The van der Waals surface area contributed by atoms with E-state index < -0.39 is 157 Å². The lowest BCUT2D eigenvalue weighted by molar-refractivity contribution is -0.357. The van der Waals surface area contributed by atoms with Crippen LogP contribution in [0.4, 0.5) is 0 Å². The van der Waals surface area contributed by atoms with Crippen LogP contribution in [0.1, 0.15) is 111 Å². The van der Waals surface area contributed by atoms with Gasteiger partial charge >= 0.3 is 5.97 Å². The van der Waals surface area contributed by atoms with Crippen LogP contribution in [0.2, 0.25) is 0 Å². The van der Waals surface area contributed by atoms with Crippen LogP contribution in [0, 0.1) is 22.7 Å². The Hall–Kier alpha value is -2.84. The highest BCUT2D eigenvalue weighted by Gasteiger charge is 2.77. The van der Waals surface area contributed by atoms with Crippen LogP contribution >= 0.6 is 0 Å². The molecule has 3 saturated carbocycles.